The normalized spacial score (nSPS) is 15.2. The topological polar surface area (TPSA) is 65.8 Å². The lowest BCUT2D eigenvalue weighted by atomic mass is 10.1. The van der Waals surface area contributed by atoms with Gasteiger partial charge in [0, 0.05) is 31.9 Å². The number of benzene rings is 1. The fourth-order valence-corrected chi connectivity index (χ4v) is 2.94. The Morgan fingerprint density at radius 2 is 1.88 bits per heavy atom. The summed E-state index contributed by atoms with van der Waals surface area (Å²) in [6.45, 7) is 6.91. The molecule has 132 valence electrons. The highest BCUT2D eigenvalue weighted by molar-refractivity contribution is 5.94. The molecule has 0 aliphatic carbocycles. The molecule has 6 nitrogen and oxygen atoms in total. The van der Waals surface area contributed by atoms with Crippen LogP contribution in [0, 0.1) is 13.8 Å². The van der Waals surface area contributed by atoms with Crippen molar-refractivity contribution in [1.82, 2.24) is 9.80 Å². The van der Waals surface area contributed by atoms with E-state index in [0.717, 1.165) is 16.8 Å². The first-order valence-electron chi connectivity index (χ1n) is 8.44. The molecule has 0 atom stereocenters. The van der Waals surface area contributed by atoms with Gasteiger partial charge in [-0.05, 0) is 37.1 Å². The number of nitrogens with one attached hydrogen (secondary N) is 1. The third-order valence-electron chi connectivity index (χ3n) is 4.46. The van der Waals surface area contributed by atoms with Crippen molar-refractivity contribution in [3.8, 4) is 0 Å². The Kier molecular flexibility index (Phi) is 5.19. The first kappa shape index (κ1) is 17.2. The second-order valence-electron chi connectivity index (χ2n) is 6.45. The Hall–Kier alpha value is -2.60. The minimum atomic E-state index is -0.0247. The quantitative estimate of drug-likeness (QED) is 0.927. The fourth-order valence-electron chi connectivity index (χ4n) is 2.94. The number of carbonyl (C=O) groups excluding carboxylic acids is 2. The maximum atomic E-state index is 12.3. The lowest BCUT2D eigenvalue weighted by Gasteiger charge is -2.34. The van der Waals surface area contributed by atoms with Gasteiger partial charge in [0.25, 0.3) is 5.91 Å². The molecule has 25 heavy (non-hydrogen) atoms. The maximum absolute atomic E-state index is 12.3. The van der Waals surface area contributed by atoms with Crippen LogP contribution < -0.4 is 5.32 Å². The lowest BCUT2D eigenvalue weighted by molar-refractivity contribution is -0.117. The number of hydrogen-bond acceptors (Lipinski definition) is 4. The minimum absolute atomic E-state index is 0.0202. The highest BCUT2D eigenvalue weighted by Crippen LogP contribution is 2.16. The average Bonchev–Trinajstić information content (AvgIpc) is 3.13. The molecule has 1 aromatic heterocycles. The third kappa shape index (κ3) is 4.28. The molecule has 0 spiro atoms. The summed E-state index contributed by atoms with van der Waals surface area (Å²) in [5, 5.41) is 2.98. The van der Waals surface area contributed by atoms with E-state index in [2.05, 4.69) is 10.2 Å². The molecule has 1 aliphatic heterocycles. The first-order chi connectivity index (χ1) is 12.0. The van der Waals surface area contributed by atoms with E-state index in [1.54, 1.807) is 11.0 Å². The Labute approximate surface area is 147 Å². The zero-order valence-electron chi connectivity index (χ0n) is 14.6. The highest BCUT2D eigenvalue weighted by atomic mass is 16.3. The third-order valence-corrected chi connectivity index (χ3v) is 4.46. The van der Waals surface area contributed by atoms with Crippen LogP contribution in [0.3, 0.4) is 0 Å². The molecule has 0 bridgehead atoms. The largest absolute Gasteiger partial charge is 0.472 e. The van der Waals surface area contributed by atoms with E-state index in [1.165, 1.54) is 12.5 Å². The zero-order valence-corrected chi connectivity index (χ0v) is 14.6. The van der Waals surface area contributed by atoms with Crippen LogP contribution in [-0.4, -0.2) is 54.3 Å². The van der Waals surface area contributed by atoms with E-state index in [1.807, 2.05) is 32.0 Å². The summed E-state index contributed by atoms with van der Waals surface area (Å²) >= 11 is 0. The molecular formula is C19H23N3O3. The first-order valence-corrected chi connectivity index (χ1v) is 8.44. The van der Waals surface area contributed by atoms with Crippen molar-refractivity contribution in [3.05, 3.63) is 53.5 Å². The number of piperazine rings is 1. The summed E-state index contributed by atoms with van der Waals surface area (Å²) in [6, 6.07) is 7.69. The molecule has 1 fully saturated rings. The maximum Gasteiger partial charge on any atom is 0.257 e. The number of rotatable bonds is 4. The van der Waals surface area contributed by atoms with E-state index in [0.29, 0.717) is 38.3 Å². The second-order valence-corrected chi connectivity index (χ2v) is 6.45. The van der Waals surface area contributed by atoms with Crippen molar-refractivity contribution in [2.24, 2.45) is 0 Å². The van der Waals surface area contributed by atoms with Crippen LogP contribution in [0.15, 0.2) is 41.2 Å². The van der Waals surface area contributed by atoms with Crippen LogP contribution in [-0.2, 0) is 4.79 Å². The van der Waals surface area contributed by atoms with Crippen molar-refractivity contribution in [1.29, 1.82) is 0 Å². The molecule has 0 radical (unpaired) electrons. The molecule has 2 heterocycles. The van der Waals surface area contributed by atoms with Crippen LogP contribution in [0.5, 0.6) is 0 Å². The standard InChI is InChI=1S/C19H23N3O3/c1-14-3-4-15(2)17(11-14)20-18(23)12-21-6-8-22(9-7-21)19(24)16-5-10-25-13-16/h3-5,10-11,13H,6-9,12H2,1-2H3,(H,20,23). The SMILES string of the molecule is Cc1ccc(C)c(NC(=O)CN2CCN(C(=O)c3ccoc3)CC2)c1. The van der Waals surface area contributed by atoms with Crippen LogP contribution in [0.1, 0.15) is 21.5 Å². The van der Waals surface area contributed by atoms with E-state index in [4.69, 9.17) is 4.42 Å². The summed E-state index contributed by atoms with van der Waals surface area (Å²) in [4.78, 5) is 28.4. The molecule has 2 aromatic rings. The molecule has 1 N–H and O–H groups in total. The lowest BCUT2D eigenvalue weighted by Crippen LogP contribution is -2.50. The van der Waals surface area contributed by atoms with Gasteiger partial charge in [0.1, 0.15) is 6.26 Å². The van der Waals surface area contributed by atoms with Crippen molar-refractivity contribution in [2.75, 3.05) is 38.0 Å². The summed E-state index contributed by atoms with van der Waals surface area (Å²) < 4.78 is 4.96. The molecule has 6 heteroatoms. The van der Waals surface area contributed by atoms with Crippen molar-refractivity contribution >= 4 is 17.5 Å². The van der Waals surface area contributed by atoms with Crippen LogP contribution >= 0.6 is 0 Å². The van der Waals surface area contributed by atoms with Gasteiger partial charge in [0.15, 0.2) is 0 Å². The number of furan rings is 1. The monoisotopic (exact) mass is 341 g/mol. The van der Waals surface area contributed by atoms with Crippen molar-refractivity contribution in [2.45, 2.75) is 13.8 Å². The van der Waals surface area contributed by atoms with Gasteiger partial charge in [-0.15, -0.1) is 0 Å². The van der Waals surface area contributed by atoms with Crippen LogP contribution in [0.25, 0.3) is 0 Å². The smallest absolute Gasteiger partial charge is 0.257 e. The number of anilines is 1. The molecule has 1 saturated heterocycles. The predicted molar refractivity (Wildman–Crippen MR) is 95.6 cm³/mol. The molecule has 1 aliphatic rings. The van der Waals surface area contributed by atoms with Gasteiger partial charge in [-0.2, -0.15) is 0 Å². The average molecular weight is 341 g/mol. The van der Waals surface area contributed by atoms with Gasteiger partial charge in [0.05, 0.1) is 18.4 Å². The number of nitrogens with zero attached hydrogens (tertiary/aromatic N) is 2. The number of amides is 2. The van der Waals surface area contributed by atoms with Gasteiger partial charge in [-0.3, -0.25) is 14.5 Å². The fraction of sp³-hybridized carbons (Fsp3) is 0.368. The van der Waals surface area contributed by atoms with Crippen molar-refractivity contribution in [3.63, 3.8) is 0 Å². The van der Waals surface area contributed by atoms with Gasteiger partial charge in [-0.1, -0.05) is 12.1 Å². The van der Waals surface area contributed by atoms with Crippen LogP contribution in [0.4, 0.5) is 5.69 Å². The van der Waals surface area contributed by atoms with Crippen molar-refractivity contribution < 1.29 is 14.0 Å². The number of aryl methyl sites for hydroxylation is 2. The van der Waals surface area contributed by atoms with E-state index < -0.39 is 0 Å². The molecule has 3 rings (SSSR count). The molecule has 0 saturated carbocycles. The summed E-state index contributed by atoms with van der Waals surface area (Å²) in [7, 11) is 0. The van der Waals surface area contributed by atoms with Gasteiger partial charge in [-0.25, -0.2) is 0 Å². The van der Waals surface area contributed by atoms with E-state index >= 15 is 0 Å². The number of carbonyl (C=O) groups is 2. The summed E-state index contributed by atoms with van der Waals surface area (Å²) in [5.74, 6) is -0.0449. The Morgan fingerprint density at radius 3 is 2.56 bits per heavy atom. The highest BCUT2D eigenvalue weighted by Gasteiger charge is 2.23. The minimum Gasteiger partial charge on any atom is -0.472 e. The molecule has 0 unspecified atom stereocenters. The Bertz CT molecular complexity index is 747. The summed E-state index contributed by atoms with van der Waals surface area (Å²) in [6.07, 6.45) is 2.97. The van der Waals surface area contributed by atoms with Crippen LogP contribution in [0.2, 0.25) is 0 Å². The zero-order chi connectivity index (χ0) is 17.8. The second kappa shape index (κ2) is 7.53. The summed E-state index contributed by atoms with van der Waals surface area (Å²) in [5.41, 5.74) is 3.60. The Balaban J connectivity index is 1.49. The van der Waals surface area contributed by atoms with Gasteiger partial charge >= 0.3 is 0 Å². The van der Waals surface area contributed by atoms with E-state index in [9.17, 15) is 9.59 Å². The molecule has 2 amide bonds. The Morgan fingerprint density at radius 1 is 1.12 bits per heavy atom. The molecule has 1 aromatic carbocycles. The van der Waals surface area contributed by atoms with Gasteiger partial charge < -0.3 is 14.6 Å². The molecular weight excluding hydrogens is 318 g/mol. The van der Waals surface area contributed by atoms with E-state index in [-0.39, 0.29) is 11.8 Å². The predicted octanol–water partition coefficient (Wildman–Crippen LogP) is 2.29. The number of hydrogen-bond donors (Lipinski definition) is 1. The van der Waals surface area contributed by atoms with Gasteiger partial charge in [0.2, 0.25) is 5.91 Å².